The Bertz CT molecular complexity index is 1710. The molecule has 0 amide bonds. The van der Waals surface area contributed by atoms with Crippen LogP contribution in [0.4, 0.5) is 4.39 Å². The first kappa shape index (κ1) is 29.5. The van der Waals surface area contributed by atoms with E-state index in [2.05, 4.69) is 4.98 Å². The Hall–Kier alpha value is -3.54. The van der Waals surface area contributed by atoms with Gasteiger partial charge in [-0.3, -0.25) is 13.9 Å². The van der Waals surface area contributed by atoms with Crippen LogP contribution in [-0.4, -0.2) is 49.3 Å². The molecule has 12 heteroatoms. The monoisotopic (exact) mass is 611 g/mol. The summed E-state index contributed by atoms with van der Waals surface area (Å²) in [4.78, 5) is 36.8. The summed E-state index contributed by atoms with van der Waals surface area (Å²) in [5.74, 6) is 0.392. The highest BCUT2D eigenvalue weighted by Gasteiger charge is 2.24. The Kier molecular flexibility index (Phi) is 8.92. The number of imidazole rings is 1. The number of ether oxygens (including phenoxy) is 3. The van der Waals surface area contributed by atoms with Crippen molar-refractivity contribution in [2.45, 2.75) is 83.9 Å². The summed E-state index contributed by atoms with van der Waals surface area (Å²) in [5, 5.41) is 0.270. The van der Waals surface area contributed by atoms with Crippen LogP contribution in [0.3, 0.4) is 0 Å². The molecular formula is C31H35ClFN5O5. The average Bonchev–Trinajstić information content (AvgIpc) is 3.36. The molecule has 1 saturated carbocycles. The molecule has 1 saturated heterocycles. The van der Waals surface area contributed by atoms with Crippen molar-refractivity contribution in [3.63, 3.8) is 0 Å². The maximum absolute atomic E-state index is 15.0. The summed E-state index contributed by atoms with van der Waals surface area (Å²) in [6.45, 7) is 3.29. The van der Waals surface area contributed by atoms with Crippen LogP contribution in [0.5, 0.6) is 5.88 Å². The van der Waals surface area contributed by atoms with E-state index in [0.29, 0.717) is 49.0 Å². The SMILES string of the molecule is CCn1c(=O)n(CCCOC2CCCCO2)c(=O)c2c1nc(-c1ccc(OC3CCC3)nc1)n2Cc1ccc(Cl)cc1F. The van der Waals surface area contributed by atoms with Crippen LogP contribution in [0, 0.1) is 5.82 Å². The van der Waals surface area contributed by atoms with E-state index in [0.717, 1.165) is 38.5 Å². The van der Waals surface area contributed by atoms with Gasteiger partial charge in [-0.1, -0.05) is 17.7 Å². The number of aromatic nitrogens is 5. The summed E-state index contributed by atoms with van der Waals surface area (Å²) in [7, 11) is 0. The van der Waals surface area contributed by atoms with Gasteiger partial charge in [-0.15, -0.1) is 0 Å². The molecule has 2 aliphatic rings. The molecule has 1 aliphatic heterocycles. The highest BCUT2D eigenvalue weighted by Crippen LogP contribution is 2.28. The first-order valence-corrected chi connectivity index (χ1v) is 15.3. The second-order valence-corrected chi connectivity index (χ2v) is 11.4. The van der Waals surface area contributed by atoms with Gasteiger partial charge in [-0.05, 0) is 70.1 Å². The van der Waals surface area contributed by atoms with E-state index in [-0.39, 0.29) is 41.7 Å². The number of fused-ring (bicyclic) bond motifs is 1. The number of pyridine rings is 1. The number of hydrogen-bond acceptors (Lipinski definition) is 7. The summed E-state index contributed by atoms with van der Waals surface area (Å²) in [5.41, 5.74) is 0.420. The number of nitrogens with zero attached hydrogens (tertiary/aromatic N) is 5. The lowest BCUT2D eigenvalue weighted by molar-refractivity contribution is -0.163. The smallest absolute Gasteiger partial charge is 0.332 e. The number of aryl methyl sites for hydroxylation is 1. The standard InChI is InChI=1S/C31H35ClFN5O5/c1-2-36-29-27(30(39)37(31(36)40)14-6-16-42-26-9-3-4-15-41-26)38(19-21-10-12-22(32)17-24(21)33)28(35-29)20-11-13-25(34-18-20)43-23-7-5-8-23/h10-13,17-18,23,26H,2-9,14-16,19H2,1H3. The fourth-order valence-corrected chi connectivity index (χ4v) is 5.65. The van der Waals surface area contributed by atoms with Gasteiger partial charge in [0.15, 0.2) is 17.5 Å². The fourth-order valence-electron chi connectivity index (χ4n) is 5.49. The minimum Gasteiger partial charge on any atom is -0.474 e. The summed E-state index contributed by atoms with van der Waals surface area (Å²) < 4.78 is 36.7. The fraction of sp³-hybridized carbons (Fsp3) is 0.484. The van der Waals surface area contributed by atoms with Crippen LogP contribution in [0.25, 0.3) is 22.6 Å². The van der Waals surface area contributed by atoms with Crippen LogP contribution >= 0.6 is 11.6 Å². The first-order valence-electron chi connectivity index (χ1n) is 15.0. The molecule has 0 N–H and O–H groups in total. The van der Waals surface area contributed by atoms with Gasteiger partial charge in [0, 0.05) is 48.1 Å². The minimum atomic E-state index is -0.506. The summed E-state index contributed by atoms with van der Waals surface area (Å²) in [6.07, 6.45) is 8.06. The predicted octanol–water partition coefficient (Wildman–Crippen LogP) is 5.15. The van der Waals surface area contributed by atoms with E-state index in [1.807, 2.05) is 13.0 Å². The van der Waals surface area contributed by atoms with E-state index in [1.54, 1.807) is 29.0 Å². The number of hydrogen-bond donors (Lipinski definition) is 0. The lowest BCUT2D eigenvalue weighted by Gasteiger charge is -2.25. The topological polar surface area (TPSA) is 102 Å². The first-order chi connectivity index (χ1) is 20.9. The second kappa shape index (κ2) is 13.0. The van der Waals surface area contributed by atoms with Crippen molar-refractivity contribution in [2.75, 3.05) is 13.2 Å². The molecule has 4 heterocycles. The third-order valence-corrected chi connectivity index (χ3v) is 8.31. The minimum absolute atomic E-state index is 0.00551. The molecule has 1 unspecified atom stereocenters. The molecule has 43 heavy (non-hydrogen) atoms. The number of halogens is 2. The summed E-state index contributed by atoms with van der Waals surface area (Å²) in [6, 6.07) is 8.00. The maximum atomic E-state index is 15.0. The Morgan fingerprint density at radius 3 is 2.60 bits per heavy atom. The van der Waals surface area contributed by atoms with Gasteiger partial charge in [0.1, 0.15) is 17.7 Å². The van der Waals surface area contributed by atoms with E-state index >= 15 is 4.39 Å². The molecule has 0 bridgehead atoms. The molecule has 1 aromatic carbocycles. The molecule has 1 atom stereocenters. The van der Waals surface area contributed by atoms with Gasteiger partial charge in [-0.2, -0.15) is 0 Å². The molecule has 3 aromatic heterocycles. The van der Waals surface area contributed by atoms with E-state index in [9.17, 15) is 9.59 Å². The molecule has 0 spiro atoms. The number of rotatable bonds is 11. The Balaban J connectivity index is 1.39. The predicted molar refractivity (Wildman–Crippen MR) is 160 cm³/mol. The normalized spacial score (nSPS) is 17.3. The van der Waals surface area contributed by atoms with Crippen molar-refractivity contribution in [1.82, 2.24) is 23.7 Å². The molecule has 2 fully saturated rings. The molecule has 1 aliphatic carbocycles. The van der Waals surface area contributed by atoms with Crippen molar-refractivity contribution in [2.24, 2.45) is 0 Å². The zero-order valence-electron chi connectivity index (χ0n) is 24.1. The van der Waals surface area contributed by atoms with Gasteiger partial charge in [-0.25, -0.2) is 19.2 Å². The van der Waals surface area contributed by atoms with Gasteiger partial charge in [0.05, 0.1) is 13.2 Å². The third-order valence-electron chi connectivity index (χ3n) is 8.08. The van der Waals surface area contributed by atoms with E-state index in [4.69, 9.17) is 30.8 Å². The van der Waals surface area contributed by atoms with Crippen molar-refractivity contribution >= 4 is 22.8 Å². The van der Waals surface area contributed by atoms with Crippen LogP contribution < -0.4 is 16.0 Å². The highest BCUT2D eigenvalue weighted by molar-refractivity contribution is 6.30. The van der Waals surface area contributed by atoms with E-state index in [1.165, 1.54) is 15.2 Å². The van der Waals surface area contributed by atoms with Crippen molar-refractivity contribution in [1.29, 1.82) is 0 Å². The second-order valence-electron chi connectivity index (χ2n) is 11.0. The number of benzene rings is 1. The van der Waals surface area contributed by atoms with Crippen molar-refractivity contribution < 1.29 is 18.6 Å². The van der Waals surface area contributed by atoms with E-state index < -0.39 is 17.1 Å². The molecule has 228 valence electrons. The van der Waals surface area contributed by atoms with Crippen molar-refractivity contribution in [3.05, 3.63) is 73.8 Å². The van der Waals surface area contributed by atoms with Crippen LogP contribution in [-0.2, 0) is 29.1 Å². The van der Waals surface area contributed by atoms with Gasteiger partial charge in [0.2, 0.25) is 5.88 Å². The molecule has 6 rings (SSSR count). The zero-order chi connectivity index (χ0) is 29.9. The third kappa shape index (κ3) is 6.25. The van der Waals surface area contributed by atoms with Crippen LogP contribution in [0.1, 0.15) is 57.4 Å². The van der Waals surface area contributed by atoms with Crippen LogP contribution in [0.2, 0.25) is 5.02 Å². The summed E-state index contributed by atoms with van der Waals surface area (Å²) >= 11 is 6.01. The Labute approximate surface area is 253 Å². The van der Waals surface area contributed by atoms with Gasteiger partial charge in [0.25, 0.3) is 5.56 Å². The lowest BCUT2D eigenvalue weighted by atomic mass is 9.96. The average molecular weight is 612 g/mol. The van der Waals surface area contributed by atoms with Crippen LogP contribution in [0.15, 0.2) is 46.1 Å². The Morgan fingerprint density at radius 1 is 1.07 bits per heavy atom. The molecule has 4 aromatic rings. The van der Waals surface area contributed by atoms with Crippen molar-refractivity contribution in [3.8, 4) is 17.3 Å². The largest absolute Gasteiger partial charge is 0.474 e. The lowest BCUT2D eigenvalue weighted by Crippen LogP contribution is -2.40. The Morgan fingerprint density at radius 2 is 1.93 bits per heavy atom. The quantitative estimate of drug-likeness (QED) is 0.216. The molecule has 10 nitrogen and oxygen atoms in total. The maximum Gasteiger partial charge on any atom is 0.332 e. The molecule has 0 radical (unpaired) electrons. The zero-order valence-corrected chi connectivity index (χ0v) is 24.9. The molecular weight excluding hydrogens is 577 g/mol. The van der Waals surface area contributed by atoms with Gasteiger partial charge >= 0.3 is 5.69 Å². The highest BCUT2D eigenvalue weighted by atomic mass is 35.5. The van der Waals surface area contributed by atoms with Gasteiger partial charge < -0.3 is 18.8 Å².